The van der Waals surface area contributed by atoms with E-state index in [2.05, 4.69) is 36.6 Å². The molecule has 45 heavy (non-hydrogen) atoms. The fraction of sp³-hybridized carbons (Fsp3) is 0.231. The van der Waals surface area contributed by atoms with E-state index in [0.29, 0.717) is 6.54 Å². The summed E-state index contributed by atoms with van der Waals surface area (Å²) in [5.74, 6) is -7.41. The monoisotopic (exact) mass is 653 g/mol. The zero-order chi connectivity index (χ0) is 33.6. The first-order valence-corrected chi connectivity index (χ1v) is 13.4. The molecule has 2 atom stereocenters. The van der Waals surface area contributed by atoms with Crippen molar-refractivity contribution in [2.45, 2.75) is 25.7 Å². The average Bonchev–Trinajstić information content (AvgIpc) is 3.46. The van der Waals surface area contributed by atoms with Crippen molar-refractivity contribution in [3.8, 4) is 0 Å². The number of aliphatic carboxylic acids is 2. The normalized spacial score (nSPS) is 11.8. The highest BCUT2D eigenvalue weighted by Gasteiger charge is 2.38. The lowest BCUT2D eigenvalue weighted by atomic mass is 10.0. The first kappa shape index (κ1) is 35.6. The van der Waals surface area contributed by atoms with Gasteiger partial charge in [0.25, 0.3) is 5.91 Å². The molecule has 15 nitrogen and oxygen atoms in total. The van der Waals surface area contributed by atoms with Crippen molar-refractivity contribution in [1.29, 1.82) is 0 Å². The maximum atomic E-state index is 12.6. The number of carboxylic acid groups (broad SMARTS) is 2. The van der Waals surface area contributed by atoms with Gasteiger partial charge in [-0.1, -0.05) is 36.4 Å². The Bertz CT molecular complexity index is 1490. The number of urea groups is 1. The quantitative estimate of drug-likeness (QED) is 0.159. The van der Waals surface area contributed by atoms with Gasteiger partial charge in [0, 0.05) is 18.1 Å². The minimum Gasteiger partial charge on any atom is -0.481 e. The van der Waals surface area contributed by atoms with Gasteiger partial charge in [-0.2, -0.15) is 13.2 Å². The lowest BCUT2D eigenvalue weighted by Crippen LogP contribution is -2.52. The molecule has 240 valence electrons. The van der Waals surface area contributed by atoms with Crippen LogP contribution in [0.15, 0.2) is 60.1 Å². The maximum Gasteiger partial charge on any atom is 0.490 e. The van der Waals surface area contributed by atoms with Gasteiger partial charge in [-0.25, -0.2) is 19.6 Å². The molecule has 2 aromatic heterocycles. The molecule has 1 unspecified atom stereocenters. The largest absolute Gasteiger partial charge is 0.490 e. The molecule has 3 aromatic rings. The number of thiazole rings is 1. The number of carboxylic acids is 2. The van der Waals surface area contributed by atoms with Gasteiger partial charge >= 0.3 is 24.1 Å². The van der Waals surface area contributed by atoms with E-state index in [4.69, 9.17) is 9.90 Å². The van der Waals surface area contributed by atoms with Crippen LogP contribution >= 0.6 is 11.3 Å². The number of alkyl halides is 3. The van der Waals surface area contributed by atoms with Gasteiger partial charge in [0.15, 0.2) is 5.13 Å². The summed E-state index contributed by atoms with van der Waals surface area (Å²) in [5, 5.41) is 30.4. The number of anilines is 2. The number of hydrogen-bond acceptors (Lipinski definition) is 9. The summed E-state index contributed by atoms with van der Waals surface area (Å²) < 4.78 is 31.7. The molecule has 7 N–H and O–H groups in total. The molecule has 0 saturated heterocycles. The fourth-order valence-corrected chi connectivity index (χ4v) is 3.72. The van der Waals surface area contributed by atoms with Crippen LogP contribution in [0.25, 0.3) is 0 Å². The van der Waals surface area contributed by atoms with Gasteiger partial charge in [-0.15, -0.1) is 11.3 Å². The zero-order valence-corrected chi connectivity index (χ0v) is 23.9. The van der Waals surface area contributed by atoms with E-state index in [-0.39, 0.29) is 16.6 Å². The minimum atomic E-state index is -5.08. The number of aromatic nitrogens is 2. The Hall–Kier alpha value is -5.59. The Labute approximate surface area is 256 Å². The second-order valence-electron chi connectivity index (χ2n) is 8.69. The number of benzene rings is 1. The molecular weight excluding hydrogens is 627 g/mol. The summed E-state index contributed by atoms with van der Waals surface area (Å²) >= 11 is 1.02. The van der Waals surface area contributed by atoms with Gasteiger partial charge in [-0.05, 0) is 24.6 Å². The van der Waals surface area contributed by atoms with Crippen LogP contribution in [0, 0.1) is 5.92 Å². The molecular formula is C26H26F3N7O8S. The third-order valence-corrected chi connectivity index (χ3v) is 6.07. The van der Waals surface area contributed by atoms with Gasteiger partial charge in [0.05, 0.1) is 12.5 Å². The summed E-state index contributed by atoms with van der Waals surface area (Å²) in [7, 11) is 0. The lowest BCUT2D eigenvalue weighted by Gasteiger charge is -2.21. The maximum absolute atomic E-state index is 12.6. The van der Waals surface area contributed by atoms with Crippen LogP contribution in [-0.2, 0) is 25.7 Å². The van der Waals surface area contributed by atoms with Crippen LogP contribution in [0.2, 0.25) is 0 Å². The van der Waals surface area contributed by atoms with Crippen molar-refractivity contribution >= 4 is 58.0 Å². The summed E-state index contributed by atoms with van der Waals surface area (Å²) in [6, 6.07) is 12.1. The van der Waals surface area contributed by atoms with Crippen LogP contribution in [-0.4, -0.2) is 74.6 Å². The Kier molecular flexibility index (Phi) is 13.4. The van der Waals surface area contributed by atoms with Crippen LogP contribution in [0.3, 0.4) is 0 Å². The lowest BCUT2D eigenvalue weighted by molar-refractivity contribution is -0.192. The number of pyridine rings is 1. The molecule has 5 amide bonds. The second kappa shape index (κ2) is 16.9. The van der Waals surface area contributed by atoms with Crippen molar-refractivity contribution in [3.05, 3.63) is 71.4 Å². The van der Waals surface area contributed by atoms with E-state index in [1.54, 1.807) is 12.1 Å². The van der Waals surface area contributed by atoms with Crippen LogP contribution in [0.5, 0.6) is 0 Å². The number of carbonyl (C=O) groups is 6. The summed E-state index contributed by atoms with van der Waals surface area (Å²) in [6.45, 7) is 1.03. The predicted molar refractivity (Wildman–Crippen MR) is 152 cm³/mol. The van der Waals surface area contributed by atoms with Gasteiger partial charge in [-0.3, -0.25) is 24.5 Å². The molecule has 19 heteroatoms. The molecule has 1 aromatic carbocycles. The Morgan fingerprint density at radius 1 is 0.933 bits per heavy atom. The van der Waals surface area contributed by atoms with E-state index < -0.39 is 60.4 Å². The first-order valence-electron chi connectivity index (χ1n) is 12.5. The SMILES string of the molecule is C[C@H](C(=O)O)C(NC(=O)CNC(=O)c1csc(NC(=O)NCc2ccccc2)n1)C(=O)Nc1ccccn1.O=C(O)C(F)(F)F. The molecule has 0 radical (unpaired) electrons. The van der Waals surface area contributed by atoms with Crippen LogP contribution in [0.4, 0.5) is 28.9 Å². The van der Waals surface area contributed by atoms with Crippen LogP contribution < -0.4 is 26.6 Å². The fourth-order valence-electron chi connectivity index (χ4n) is 3.03. The van der Waals surface area contributed by atoms with Gasteiger partial charge in [0.2, 0.25) is 11.8 Å². The molecule has 3 rings (SSSR count). The number of halogens is 3. The molecule has 2 heterocycles. The predicted octanol–water partition coefficient (Wildman–Crippen LogP) is 2.07. The van der Waals surface area contributed by atoms with Gasteiger partial charge in [0.1, 0.15) is 17.6 Å². The number of nitrogens with one attached hydrogen (secondary N) is 5. The summed E-state index contributed by atoms with van der Waals surface area (Å²) in [4.78, 5) is 77.8. The number of hydrogen-bond donors (Lipinski definition) is 7. The second-order valence-corrected chi connectivity index (χ2v) is 9.55. The molecule has 0 fully saturated rings. The van der Waals surface area contributed by atoms with E-state index >= 15 is 0 Å². The molecule has 0 aliphatic carbocycles. The number of carbonyl (C=O) groups excluding carboxylic acids is 4. The van der Waals surface area contributed by atoms with Crippen LogP contribution in [0.1, 0.15) is 23.0 Å². The highest BCUT2D eigenvalue weighted by atomic mass is 32.1. The highest BCUT2D eigenvalue weighted by molar-refractivity contribution is 7.14. The third kappa shape index (κ3) is 12.7. The van der Waals surface area contributed by atoms with Crippen molar-refractivity contribution in [2.24, 2.45) is 5.92 Å². The average molecular weight is 654 g/mol. The smallest absolute Gasteiger partial charge is 0.481 e. The Balaban J connectivity index is 0.000000900. The van der Waals surface area contributed by atoms with Crippen molar-refractivity contribution in [3.63, 3.8) is 0 Å². The highest BCUT2D eigenvalue weighted by Crippen LogP contribution is 2.15. The molecule has 0 aliphatic rings. The van der Waals surface area contributed by atoms with E-state index in [9.17, 15) is 42.3 Å². The number of rotatable bonds is 11. The number of amides is 5. The molecule has 0 saturated carbocycles. The molecule has 0 aliphatic heterocycles. The minimum absolute atomic E-state index is 0.0375. The summed E-state index contributed by atoms with van der Waals surface area (Å²) in [5.41, 5.74) is 0.874. The van der Waals surface area contributed by atoms with Crippen molar-refractivity contribution < 1.29 is 52.2 Å². The van der Waals surface area contributed by atoms with E-state index in [1.165, 1.54) is 24.6 Å². The third-order valence-electron chi connectivity index (χ3n) is 5.31. The molecule has 0 spiro atoms. The first-order chi connectivity index (χ1) is 21.2. The standard InChI is InChI=1S/C24H25N7O6S.C2HF3O2/c1-14(22(35)36)19(21(34)29-17-9-5-6-10-25-17)30-18(32)12-26-20(33)16-13-38-24(28-16)31-23(37)27-11-15-7-3-2-4-8-15;3-2(4,5)1(6)7/h2-10,13-14,19H,11-12H2,1H3,(H,26,33)(H,30,32)(H,35,36)(H,25,29,34)(H2,27,28,31,37);(H,6,7)/t14-,19?;/m0./s1. The number of nitrogens with zero attached hydrogens (tertiary/aromatic N) is 2. The Morgan fingerprint density at radius 3 is 2.16 bits per heavy atom. The van der Waals surface area contributed by atoms with Crippen molar-refractivity contribution in [1.82, 2.24) is 25.9 Å². The van der Waals surface area contributed by atoms with Gasteiger partial charge < -0.3 is 31.5 Å². The topological polar surface area (TPSA) is 229 Å². The zero-order valence-electron chi connectivity index (χ0n) is 23.1. The molecule has 0 bridgehead atoms. The Morgan fingerprint density at radius 2 is 1.58 bits per heavy atom. The van der Waals surface area contributed by atoms with Crippen molar-refractivity contribution in [2.75, 3.05) is 17.2 Å². The van der Waals surface area contributed by atoms with E-state index in [0.717, 1.165) is 16.9 Å². The van der Waals surface area contributed by atoms with E-state index in [1.807, 2.05) is 30.3 Å². The summed E-state index contributed by atoms with van der Waals surface area (Å²) in [6.07, 6.45) is -3.64.